The monoisotopic (exact) mass is 435 g/mol. The van der Waals surface area contributed by atoms with Crippen LogP contribution in [0.25, 0.3) is 0 Å². The molecule has 8 heteroatoms. The molecule has 0 radical (unpaired) electrons. The summed E-state index contributed by atoms with van der Waals surface area (Å²) in [6, 6.07) is 10.4. The average molecular weight is 436 g/mol. The lowest BCUT2D eigenvalue weighted by atomic mass is 9.93. The maximum atomic E-state index is 13.0. The first-order valence-corrected chi connectivity index (χ1v) is 11.4. The summed E-state index contributed by atoms with van der Waals surface area (Å²) in [6.07, 6.45) is 3.78. The Kier molecular flexibility index (Phi) is 5.99. The molecule has 0 fully saturated rings. The van der Waals surface area contributed by atoms with Crippen molar-refractivity contribution in [2.45, 2.75) is 30.7 Å². The van der Waals surface area contributed by atoms with Crippen molar-refractivity contribution >= 4 is 38.8 Å². The summed E-state index contributed by atoms with van der Waals surface area (Å²) in [5.74, 6) is -0.0718. The maximum absolute atomic E-state index is 13.0. The largest absolute Gasteiger partial charge is 0.335 e. The molecule has 2 unspecified atom stereocenters. The van der Waals surface area contributed by atoms with Gasteiger partial charge in [0, 0.05) is 22.8 Å². The number of nitriles is 1. The molecule has 2 aromatic carbocycles. The van der Waals surface area contributed by atoms with Crippen LogP contribution < -0.4 is 0 Å². The van der Waals surface area contributed by atoms with E-state index in [1.54, 1.807) is 41.4 Å². The second-order valence-corrected chi connectivity index (χ2v) is 9.75. The molecule has 1 aliphatic rings. The number of benzene rings is 2. The number of rotatable bonds is 3. The first-order chi connectivity index (χ1) is 13.3. The third kappa shape index (κ3) is 3.88. The third-order valence-electron chi connectivity index (χ3n) is 5.02. The zero-order chi connectivity index (χ0) is 20.5. The smallest absolute Gasteiger partial charge is 0.227 e. The van der Waals surface area contributed by atoms with Crippen LogP contribution in [0.1, 0.15) is 29.7 Å². The number of fused-ring (bicyclic) bond motifs is 1. The molecule has 0 aromatic heterocycles. The van der Waals surface area contributed by atoms with Gasteiger partial charge >= 0.3 is 0 Å². The van der Waals surface area contributed by atoms with E-state index in [9.17, 15) is 9.00 Å². The molecule has 0 N–H and O–H groups in total. The number of nitrogens with zero attached hydrogens (tertiary/aromatic N) is 3. The molecule has 1 heterocycles. The third-order valence-corrected chi connectivity index (χ3v) is 7.36. The van der Waals surface area contributed by atoms with Gasteiger partial charge in [-0.05, 0) is 48.2 Å². The van der Waals surface area contributed by atoms with Gasteiger partial charge in [-0.1, -0.05) is 41.4 Å². The molecule has 146 valence electrons. The molecule has 0 bridgehead atoms. The van der Waals surface area contributed by atoms with Gasteiger partial charge in [0.2, 0.25) is 12.1 Å². The molecule has 2 atom stereocenters. The molecule has 0 saturated heterocycles. The van der Waals surface area contributed by atoms with E-state index in [1.165, 1.54) is 6.26 Å². The lowest BCUT2D eigenvalue weighted by molar-refractivity contribution is -0.133. The van der Waals surface area contributed by atoms with Crippen LogP contribution in [0.2, 0.25) is 10.0 Å². The van der Waals surface area contributed by atoms with Gasteiger partial charge in [-0.25, -0.2) is 4.21 Å². The van der Waals surface area contributed by atoms with Crippen LogP contribution in [0.3, 0.4) is 0 Å². The molecule has 0 saturated carbocycles. The van der Waals surface area contributed by atoms with Crippen LogP contribution in [-0.2, 0) is 27.4 Å². The Morgan fingerprint density at radius 2 is 1.93 bits per heavy atom. The van der Waals surface area contributed by atoms with Crippen LogP contribution in [0.4, 0.5) is 0 Å². The zero-order valence-corrected chi connectivity index (χ0v) is 17.8. The maximum Gasteiger partial charge on any atom is 0.227 e. The standard InChI is InChI=1S/C20H19Cl2N3O2S/c1-13-14-5-3-8-19(28(2,27)24-12-23)15(14)9-10-25(13)20(26)11-16-17(21)6-4-7-18(16)22/h3-8,13H,9-11H2,1-2H3. The number of hydrogen-bond donors (Lipinski definition) is 0. The Labute approximate surface area is 175 Å². The Bertz CT molecular complexity index is 1080. The van der Waals surface area contributed by atoms with E-state index in [0.717, 1.165) is 11.1 Å². The molecular formula is C20H19Cl2N3O2S. The fourth-order valence-electron chi connectivity index (χ4n) is 3.61. The van der Waals surface area contributed by atoms with Crippen LogP contribution in [0.5, 0.6) is 0 Å². The second-order valence-electron chi connectivity index (χ2n) is 6.71. The summed E-state index contributed by atoms with van der Waals surface area (Å²) in [4.78, 5) is 15.3. The van der Waals surface area contributed by atoms with Crippen molar-refractivity contribution in [3.05, 3.63) is 63.1 Å². The van der Waals surface area contributed by atoms with Gasteiger partial charge in [0.25, 0.3) is 0 Å². The zero-order valence-electron chi connectivity index (χ0n) is 15.5. The van der Waals surface area contributed by atoms with E-state index >= 15 is 0 Å². The summed E-state index contributed by atoms with van der Waals surface area (Å²) >= 11 is 12.4. The first kappa shape index (κ1) is 20.7. The van der Waals surface area contributed by atoms with Gasteiger partial charge in [-0.3, -0.25) is 4.79 Å². The van der Waals surface area contributed by atoms with E-state index in [1.807, 2.05) is 13.0 Å². The van der Waals surface area contributed by atoms with Crippen molar-refractivity contribution in [1.29, 1.82) is 5.26 Å². The second kappa shape index (κ2) is 8.12. The summed E-state index contributed by atoms with van der Waals surface area (Å²) in [5, 5.41) is 9.79. The average Bonchev–Trinajstić information content (AvgIpc) is 2.64. The van der Waals surface area contributed by atoms with Crippen molar-refractivity contribution in [2.24, 2.45) is 4.36 Å². The Hall–Kier alpha value is -2.07. The highest BCUT2D eigenvalue weighted by Crippen LogP contribution is 2.35. The predicted octanol–water partition coefficient (Wildman–Crippen LogP) is 4.62. The molecule has 0 spiro atoms. The van der Waals surface area contributed by atoms with Crippen molar-refractivity contribution in [3.63, 3.8) is 0 Å². The number of halogens is 2. The molecule has 0 aliphatic carbocycles. The summed E-state index contributed by atoms with van der Waals surface area (Å²) in [5.41, 5.74) is 2.44. The van der Waals surface area contributed by atoms with Crippen molar-refractivity contribution in [3.8, 4) is 6.19 Å². The lowest BCUT2D eigenvalue weighted by Gasteiger charge is -2.36. The van der Waals surface area contributed by atoms with Crippen molar-refractivity contribution in [2.75, 3.05) is 12.8 Å². The van der Waals surface area contributed by atoms with Gasteiger partial charge < -0.3 is 4.90 Å². The fraction of sp³-hybridized carbons (Fsp3) is 0.300. The highest BCUT2D eigenvalue weighted by molar-refractivity contribution is 7.93. The highest BCUT2D eigenvalue weighted by atomic mass is 35.5. The predicted molar refractivity (Wildman–Crippen MR) is 111 cm³/mol. The van der Waals surface area contributed by atoms with Crippen LogP contribution in [-0.4, -0.2) is 27.8 Å². The highest BCUT2D eigenvalue weighted by Gasteiger charge is 2.30. The van der Waals surface area contributed by atoms with E-state index in [4.69, 9.17) is 28.5 Å². The Balaban J connectivity index is 1.93. The number of carbonyl (C=O) groups is 1. The minimum absolute atomic E-state index is 0.0718. The van der Waals surface area contributed by atoms with Gasteiger partial charge in [0.05, 0.1) is 27.1 Å². The lowest BCUT2D eigenvalue weighted by Crippen LogP contribution is -2.40. The van der Waals surface area contributed by atoms with Crippen LogP contribution in [0, 0.1) is 11.5 Å². The topological polar surface area (TPSA) is 73.5 Å². The Morgan fingerprint density at radius 1 is 1.29 bits per heavy atom. The van der Waals surface area contributed by atoms with E-state index < -0.39 is 9.73 Å². The first-order valence-electron chi connectivity index (χ1n) is 8.70. The number of carbonyl (C=O) groups excluding carboxylic acids is 1. The molecular weight excluding hydrogens is 417 g/mol. The summed E-state index contributed by atoms with van der Waals surface area (Å²) < 4.78 is 16.4. The molecule has 5 nitrogen and oxygen atoms in total. The number of hydrogen-bond acceptors (Lipinski definition) is 4. The van der Waals surface area contributed by atoms with Crippen LogP contribution in [0.15, 0.2) is 45.7 Å². The van der Waals surface area contributed by atoms with Crippen molar-refractivity contribution < 1.29 is 9.00 Å². The Morgan fingerprint density at radius 3 is 2.57 bits per heavy atom. The molecule has 28 heavy (non-hydrogen) atoms. The fourth-order valence-corrected chi connectivity index (χ4v) is 5.41. The van der Waals surface area contributed by atoms with E-state index in [-0.39, 0.29) is 18.4 Å². The molecule has 1 amide bonds. The molecule has 2 aromatic rings. The molecule has 1 aliphatic heterocycles. The minimum Gasteiger partial charge on any atom is -0.335 e. The van der Waals surface area contributed by atoms with E-state index in [0.29, 0.717) is 33.5 Å². The number of amides is 1. The van der Waals surface area contributed by atoms with Crippen molar-refractivity contribution in [1.82, 2.24) is 4.90 Å². The summed E-state index contributed by atoms with van der Waals surface area (Å²) in [7, 11) is -2.80. The minimum atomic E-state index is -2.80. The van der Waals surface area contributed by atoms with Gasteiger partial charge in [-0.15, -0.1) is 4.36 Å². The quantitative estimate of drug-likeness (QED) is 0.659. The normalized spacial score (nSPS) is 18.0. The van der Waals surface area contributed by atoms with Gasteiger partial charge in [0.1, 0.15) is 0 Å². The molecule has 3 rings (SSSR count). The van der Waals surface area contributed by atoms with Crippen LogP contribution >= 0.6 is 23.2 Å². The summed E-state index contributed by atoms with van der Waals surface area (Å²) in [6.45, 7) is 2.42. The SMILES string of the molecule is CC1c2cccc(S(C)(=O)=NC#N)c2CCN1C(=O)Cc1c(Cl)cccc1Cl. The van der Waals surface area contributed by atoms with Gasteiger partial charge in [0.15, 0.2) is 0 Å². The van der Waals surface area contributed by atoms with Gasteiger partial charge in [-0.2, -0.15) is 5.26 Å². The van der Waals surface area contributed by atoms with E-state index in [2.05, 4.69) is 4.36 Å².